The molecular formula is C46H28BN3S. The minimum atomic E-state index is -0.201. The van der Waals surface area contributed by atoms with Crippen LogP contribution < -0.4 is 15.7 Å². The topological polar surface area (TPSA) is 29.0 Å². The van der Waals surface area contributed by atoms with Crippen molar-refractivity contribution in [2.45, 2.75) is 0 Å². The Morgan fingerprint density at radius 3 is 1.98 bits per heavy atom. The van der Waals surface area contributed by atoms with Crippen molar-refractivity contribution >= 4 is 93.4 Å². The van der Waals surface area contributed by atoms with Crippen molar-refractivity contribution in [3.05, 3.63) is 170 Å². The summed E-state index contributed by atoms with van der Waals surface area (Å²) in [4.78, 5) is 13.6. The molecule has 2 aromatic heterocycles. The molecule has 0 fully saturated rings. The van der Waals surface area contributed by atoms with Gasteiger partial charge in [-0.3, -0.25) is 0 Å². The Balaban J connectivity index is 1.39. The number of anilines is 2. The van der Waals surface area contributed by atoms with E-state index in [-0.39, 0.29) is 6.85 Å². The molecular weight excluding hydrogens is 637 g/mol. The van der Waals surface area contributed by atoms with Crippen molar-refractivity contribution in [1.29, 1.82) is 0 Å². The molecule has 51 heavy (non-hydrogen) atoms. The molecule has 0 bridgehead atoms. The molecule has 0 saturated carbocycles. The van der Waals surface area contributed by atoms with E-state index in [1.54, 1.807) is 0 Å². The van der Waals surface area contributed by atoms with E-state index in [1.165, 1.54) is 63.8 Å². The third kappa shape index (κ3) is 4.19. The summed E-state index contributed by atoms with van der Waals surface area (Å²) in [6.07, 6.45) is 0. The predicted octanol–water partition coefficient (Wildman–Crippen LogP) is 10.9. The quantitative estimate of drug-likeness (QED) is 0.176. The summed E-state index contributed by atoms with van der Waals surface area (Å²) >= 11 is 1.88. The number of aromatic nitrogens is 2. The van der Waals surface area contributed by atoms with Crippen LogP contribution in [0.25, 0.3) is 75.0 Å². The highest BCUT2D eigenvalue weighted by molar-refractivity contribution is 7.27. The van der Waals surface area contributed by atoms with Gasteiger partial charge < -0.3 is 4.81 Å². The lowest BCUT2D eigenvalue weighted by Gasteiger charge is -2.39. The summed E-state index contributed by atoms with van der Waals surface area (Å²) < 4.78 is 2.56. The fourth-order valence-electron chi connectivity index (χ4n) is 8.36. The Kier molecular flexibility index (Phi) is 6.22. The van der Waals surface area contributed by atoms with E-state index >= 15 is 0 Å². The average Bonchev–Trinajstić information content (AvgIpc) is 3.60. The van der Waals surface area contributed by atoms with Crippen LogP contribution in [0.3, 0.4) is 0 Å². The van der Waals surface area contributed by atoms with Gasteiger partial charge in [0.2, 0.25) is 5.95 Å². The summed E-state index contributed by atoms with van der Waals surface area (Å²) in [5.74, 6) is 0.688. The minimum absolute atomic E-state index is 0.201. The number of thiophene rings is 1. The lowest BCUT2D eigenvalue weighted by Crippen LogP contribution is -2.58. The zero-order valence-corrected chi connectivity index (χ0v) is 28.3. The Bertz CT molecular complexity index is 2990. The van der Waals surface area contributed by atoms with E-state index in [0.717, 1.165) is 27.8 Å². The Labute approximate surface area is 299 Å². The summed E-state index contributed by atoms with van der Waals surface area (Å²) in [7, 11) is 0. The molecule has 1 aliphatic heterocycles. The van der Waals surface area contributed by atoms with E-state index in [1.807, 2.05) is 11.3 Å². The van der Waals surface area contributed by atoms with Crippen molar-refractivity contribution in [3.8, 4) is 22.4 Å². The van der Waals surface area contributed by atoms with Crippen LogP contribution in [0.2, 0.25) is 0 Å². The van der Waals surface area contributed by atoms with Gasteiger partial charge in [-0.25, -0.2) is 9.97 Å². The molecule has 0 amide bonds. The van der Waals surface area contributed by atoms with Gasteiger partial charge >= 0.3 is 6.85 Å². The second-order valence-corrected chi connectivity index (χ2v) is 14.3. The Morgan fingerprint density at radius 2 is 1.16 bits per heavy atom. The van der Waals surface area contributed by atoms with Crippen LogP contribution in [0, 0.1) is 0 Å². The highest BCUT2D eigenvalue weighted by Gasteiger charge is 2.42. The maximum atomic E-state index is 5.59. The number of hydrogen-bond acceptors (Lipinski definition) is 4. The summed E-state index contributed by atoms with van der Waals surface area (Å²) in [5.41, 5.74) is 9.03. The average molecular weight is 666 g/mol. The smallest absolute Gasteiger partial charge is 0.332 e. The van der Waals surface area contributed by atoms with Gasteiger partial charge in [0.05, 0.1) is 11.2 Å². The second kappa shape index (κ2) is 11.1. The van der Waals surface area contributed by atoms with Crippen LogP contribution in [0.1, 0.15) is 0 Å². The van der Waals surface area contributed by atoms with Crippen molar-refractivity contribution in [2.75, 3.05) is 4.81 Å². The molecule has 3 nitrogen and oxygen atoms in total. The van der Waals surface area contributed by atoms with Gasteiger partial charge in [0.1, 0.15) is 0 Å². The Hall–Kier alpha value is -6.30. The van der Waals surface area contributed by atoms with Crippen LogP contribution in [-0.4, -0.2) is 16.8 Å². The number of para-hydroxylation sites is 1. The minimum Gasteiger partial charge on any atom is -0.345 e. The van der Waals surface area contributed by atoms with E-state index in [0.29, 0.717) is 5.95 Å². The van der Waals surface area contributed by atoms with Gasteiger partial charge in [-0.1, -0.05) is 163 Å². The van der Waals surface area contributed by atoms with E-state index in [9.17, 15) is 0 Å². The third-order valence-electron chi connectivity index (χ3n) is 10.5. The number of nitrogens with zero attached hydrogens (tertiary/aromatic N) is 3. The molecule has 8 aromatic carbocycles. The molecule has 0 spiro atoms. The fourth-order valence-corrected chi connectivity index (χ4v) is 9.60. The van der Waals surface area contributed by atoms with Gasteiger partial charge in [-0.05, 0) is 39.3 Å². The molecule has 1 aliphatic rings. The highest BCUT2D eigenvalue weighted by Crippen LogP contribution is 2.53. The number of hydrogen-bond donors (Lipinski definition) is 0. The summed E-state index contributed by atoms with van der Waals surface area (Å²) in [5, 5.41) is 8.51. The standard InChI is InChI=1S/C46H28BN3S/c1-3-16-30(17-4-1)43-35-23-11-13-25-38(35)48-46(49-43)50-44-40(33-21-9-10-22-34(33)45-41(44)36-24-12-14-26-39(36)51-45)37-28-27-29-15-7-8-20-32(29)42(37)47(50)31-18-5-2-6-19-31/h1-28H. The van der Waals surface area contributed by atoms with E-state index < -0.39 is 0 Å². The van der Waals surface area contributed by atoms with Gasteiger partial charge in [-0.15, -0.1) is 11.3 Å². The lowest BCUT2D eigenvalue weighted by atomic mass is 9.45. The zero-order chi connectivity index (χ0) is 33.5. The van der Waals surface area contributed by atoms with Crippen LogP contribution in [-0.2, 0) is 0 Å². The third-order valence-corrected chi connectivity index (χ3v) is 11.7. The van der Waals surface area contributed by atoms with Crippen molar-refractivity contribution < 1.29 is 0 Å². The molecule has 0 unspecified atom stereocenters. The molecule has 11 rings (SSSR count). The van der Waals surface area contributed by atoms with Crippen LogP contribution in [0.5, 0.6) is 0 Å². The normalized spacial score (nSPS) is 12.6. The van der Waals surface area contributed by atoms with Gasteiger partial charge in [0, 0.05) is 47.8 Å². The lowest BCUT2D eigenvalue weighted by molar-refractivity contribution is 1.16. The zero-order valence-electron chi connectivity index (χ0n) is 27.5. The second-order valence-electron chi connectivity index (χ2n) is 13.3. The van der Waals surface area contributed by atoms with Crippen molar-refractivity contribution in [2.24, 2.45) is 0 Å². The first kappa shape index (κ1) is 28.5. The van der Waals surface area contributed by atoms with Gasteiger partial charge in [0.15, 0.2) is 0 Å². The van der Waals surface area contributed by atoms with Crippen molar-refractivity contribution in [1.82, 2.24) is 9.97 Å². The maximum absolute atomic E-state index is 5.59. The molecule has 10 aromatic rings. The highest BCUT2D eigenvalue weighted by atomic mass is 32.1. The SMILES string of the molecule is c1ccc(B2c3c(ccc4ccccc34)-c3c(c4c5ccccc5sc4c4ccccc34)N2c2nc(-c3ccccc3)c3ccccc3n2)cc1. The number of benzene rings is 8. The molecule has 0 saturated heterocycles. The number of rotatable bonds is 3. The van der Waals surface area contributed by atoms with E-state index in [2.05, 4.69) is 175 Å². The first-order chi connectivity index (χ1) is 25.3. The summed E-state index contributed by atoms with van der Waals surface area (Å²) in [6, 6.07) is 61.1. The van der Waals surface area contributed by atoms with Gasteiger partial charge in [0.25, 0.3) is 0 Å². The maximum Gasteiger partial charge on any atom is 0.332 e. The first-order valence-electron chi connectivity index (χ1n) is 17.4. The van der Waals surface area contributed by atoms with Crippen LogP contribution >= 0.6 is 11.3 Å². The van der Waals surface area contributed by atoms with Crippen LogP contribution in [0.15, 0.2) is 170 Å². The molecule has 0 atom stereocenters. The molecule has 0 aliphatic carbocycles. The molecule has 3 heterocycles. The Morgan fingerprint density at radius 1 is 0.510 bits per heavy atom. The molecule has 5 heteroatoms. The van der Waals surface area contributed by atoms with Crippen molar-refractivity contribution in [3.63, 3.8) is 0 Å². The number of fused-ring (bicyclic) bond motifs is 13. The van der Waals surface area contributed by atoms with Gasteiger partial charge in [-0.2, -0.15) is 0 Å². The summed E-state index contributed by atoms with van der Waals surface area (Å²) in [6.45, 7) is -0.201. The predicted molar refractivity (Wildman–Crippen MR) is 218 cm³/mol. The fraction of sp³-hybridized carbons (Fsp3) is 0. The van der Waals surface area contributed by atoms with Crippen LogP contribution in [0.4, 0.5) is 11.6 Å². The molecule has 0 radical (unpaired) electrons. The molecule has 236 valence electrons. The first-order valence-corrected chi connectivity index (χ1v) is 18.2. The van der Waals surface area contributed by atoms with E-state index in [4.69, 9.17) is 9.97 Å². The molecule has 0 N–H and O–H groups in total. The largest absolute Gasteiger partial charge is 0.345 e. The monoisotopic (exact) mass is 665 g/mol.